The fourth-order valence-corrected chi connectivity index (χ4v) is 1.40. The molecule has 0 unspecified atom stereocenters. The Balaban J connectivity index is 3.02. The molecule has 3 heteroatoms. The summed E-state index contributed by atoms with van der Waals surface area (Å²) in [5.41, 5.74) is 0. The Morgan fingerprint density at radius 1 is 1.56 bits per heavy atom. The van der Waals surface area contributed by atoms with E-state index in [4.69, 9.17) is 0 Å². The SMILES string of the molecule is C[SH](C)(=O)C1=[N+]=CC=C1. The molecule has 0 N–H and O–H groups in total. The molecule has 0 aromatic heterocycles. The second kappa shape index (κ2) is 1.94. The van der Waals surface area contributed by atoms with Gasteiger partial charge in [-0.05, 0) is 22.4 Å². The van der Waals surface area contributed by atoms with Gasteiger partial charge in [0.25, 0.3) is 6.21 Å². The lowest BCUT2D eigenvalue weighted by Gasteiger charge is -1.98. The van der Waals surface area contributed by atoms with Gasteiger partial charge in [-0.2, -0.15) is 0 Å². The van der Waals surface area contributed by atoms with Gasteiger partial charge in [0.1, 0.15) is 0 Å². The van der Waals surface area contributed by atoms with Crippen molar-refractivity contribution in [1.82, 2.24) is 4.67 Å². The number of hydrogen-bond donors (Lipinski definition) is 1. The van der Waals surface area contributed by atoms with Crippen LogP contribution in [0.3, 0.4) is 0 Å². The van der Waals surface area contributed by atoms with Gasteiger partial charge in [-0.15, -0.1) is 0 Å². The van der Waals surface area contributed by atoms with Crippen molar-refractivity contribution in [3.05, 3.63) is 12.2 Å². The lowest BCUT2D eigenvalue weighted by atomic mass is 10.6. The molecule has 0 bridgehead atoms. The minimum Gasteiger partial charge on any atom is -0.274 e. The lowest BCUT2D eigenvalue weighted by molar-refractivity contribution is 0.686. The molecule has 1 heterocycles. The average Bonchev–Trinajstić information content (AvgIpc) is 2.08. The van der Waals surface area contributed by atoms with Crippen molar-refractivity contribution in [1.29, 1.82) is 0 Å². The maximum Gasteiger partial charge on any atom is 0.367 e. The van der Waals surface area contributed by atoms with Crippen molar-refractivity contribution >= 4 is 21.2 Å². The van der Waals surface area contributed by atoms with E-state index in [9.17, 15) is 4.21 Å². The van der Waals surface area contributed by atoms with Crippen LogP contribution < -0.4 is 4.67 Å². The monoisotopic (exact) mass is 144 g/mol. The molecule has 0 aromatic carbocycles. The molecule has 1 aliphatic heterocycles. The molecule has 0 spiro atoms. The Labute approximate surface area is 55.5 Å². The van der Waals surface area contributed by atoms with E-state index in [2.05, 4.69) is 4.67 Å². The Hall–Kier alpha value is -0.660. The smallest absolute Gasteiger partial charge is 0.274 e. The predicted octanol–water partition coefficient (Wildman–Crippen LogP) is -0.631. The molecule has 1 aliphatic rings. The van der Waals surface area contributed by atoms with Crippen LogP contribution in [-0.2, 0) is 9.93 Å². The van der Waals surface area contributed by atoms with E-state index in [-0.39, 0.29) is 0 Å². The molecule has 0 saturated carbocycles. The zero-order valence-electron chi connectivity index (χ0n) is 5.53. The van der Waals surface area contributed by atoms with Gasteiger partial charge in [0.05, 0.1) is 0 Å². The van der Waals surface area contributed by atoms with Gasteiger partial charge in [-0.25, -0.2) is 0 Å². The standard InChI is InChI=1S/C6H10NOS/c1-9(2,8)6-4-3-5-7-6/h3-5,9H,1-2H3/q+1. The Morgan fingerprint density at radius 3 is 2.44 bits per heavy atom. The summed E-state index contributed by atoms with van der Waals surface area (Å²) in [7, 11) is -2.08. The van der Waals surface area contributed by atoms with E-state index < -0.39 is 9.93 Å². The summed E-state index contributed by atoms with van der Waals surface area (Å²) in [6, 6.07) is 0. The van der Waals surface area contributed by atoms with Crippen LogP contribution in [0.5, 0.6) is 0 Å². The number of rotatable bonds is 0. The number of hydrogen-bond acceptors (Lipinski definition) is 1. The highest BCUT2D eigenvalue weighted by atomic mass is 32.2. The Bertz CT molecular complexity index is 252. The second-order valence-electron chi connectivity index (χ2n) is 2.35. The molecule has 0 fully saturated rings. The summed E-state index contributed by atoms with van der Waals surface area (Å²) in [6.45, 7) is 0. The third-order valence-corrected chi connectivity index (χ3v) is 2.46. The third-order valence-electron chi connectivity index (χ3n) is 1.09. The number of allylic oxidation sites excluding steroid dienone is 1. The largest absolute Gasteiger partial charge is 0.367 e. The van der Waals surface area contributed by atoms with Crippen LogP contribution in [0.1, 0.15) is 0 Å². The zero-order chi connectivity index (χ0) is 6.91. The van der Waals surface area contributed by atoms with Gasteiger partial charge >= 0.3 is 5.04 Å². The number of thiol groups is 1. The summed E-state index contributed by atoms with van der Waals surface area (Å²) in [6.07, 6.45) is 8.69. The van der Waals surface area contributed by atoms with Crippen LogP contribution in [0.4, 0.5) is 0 Å². The molecule has 1 rings (SSSR count). The van der Waals surface area contributed by atoms with Gasteiger partial charge in [-0.3, -0.25) is 4.21 Å². The Kier molecular flexibility index (Phi) is 1.39. The third kappa shape index (κ3) is 1.37. The molecule has 0 saturated heterocycles. The molecule has 2 nitrogen and oxygen atoms in total. The fraction of sp³-hybridized carbons (Fsp3) is 0.333. The molecular weight excluding hydrogens is 134 g/mol. The van der Waals surface area contributed by atoms with Crippen LogP contribution in [0.25, 0.3) is 0 Å². The highest BCUT2D eigenvalue weighted by molar-refractivity contribution is 8.16. The van der Waals surface area contributed by atoms with Crippen molar-refractivity contribution in [3.8, 4) is 0 Å². The summed E-state index contributed by atoms with van der Waals surface area (Å²) in [5, 5.41) is 0.725. The van der Waals surface area contributed by atoms with E-state index >= 15 is 0 Å². The van der Waals surface area contributed by atoms with Gasteiger partial charge < -0.3 is 0 Å². The minimum atomic E-state index is -2.08. The molecule has 0 aliphatic carbocycles. The van der Waals surface area contributed by atoms with E-state index in [1.165, 1.54) is 0 Å². The highest BCUT2D eigenvalue weighted by Gasteiger charge is 2.18. The maximum absolute atomic E-state index is 11.2. The quantitative estimate of drug-likeness (QED) is 0.356. The number of nitrogens with zero attached hydrogens (tertiary/aromatic N) is 1. The molecular formula is C6H10NOS+. The predicted molar refractivity (Wildman–Crippen MR) is 43.7 cm³/mol. The molecule has 0 aromatic rings. The summed E-state index contributed by atoms with van der Waals surface area (Å²) in [4.78, 5) is 0. The van der Waals surface area contributed by atoms with Crippen molar-refractivity contribution in [3.63, 3.8) is 0 Å². The first kappa shape index (κ1) is 6.46. The Morgan fingerprint density at radius 2 is 2.22 bits per heavy atom. The van der Waals surface area contributed by atoms with Crippen molar-refractivity contribution < 1.29 is 4.21 Å². The second-order valence-corrected chi connectivity index (χ2v) is 5.51. The van der Waals surface area contributed by atoms with E-state index in [1.54, 1.807) is 30.9 Å². The van der Waals surface area contributed by atoms with E-state index in [0.29, 0.717) is 0 Å². The summed E-state index contributed by atoms with van der Waals surface area (Å²) >= 11 is 0. The topological polar surface area (TPSA) is 31.2 Å². The molecule has 9 heavy (non-hydrogen) atoms. The van der Waals surface area contributed by atoms with Crippen LogP contribution in [-0.4, -0.2) is 28.0 Å². The van der Waals surface area contributed by atoms with Crippen LogP contribution in [0, 0.1) is 0 Å². The van der Waals surface area contributed by atoms with Gasteiger partial charge in [-0.1, -0.05) is 4.67 Å². The minimum absolute atomic E-state index is 0.725. The maximum atomic E-state index is 11.2. The van der Waals surface area contributed by atoms with Gasteiger partial charge in [0, 0.05) is 12.2 Å². The van der Waals surface area contributed by atoms with E-state index in [0.717, 1.165) is 5.04 Å². The van der Waals surface area contributed by atoms with Crippen molar-refractivity contribution in [2.75, 3.05) is 12.5 Å². The molecule has 0 radical (unpaired) electrons. The van der Waals surface area contributed by atoms with Gasteiger partial charge in [0.2, 0.25) is 0 Å². The molecule has 0 atom stereocenters. The normalized spacial score (nSPS) is 18.2. The van der Waals surface area contributed by atoms with Crippen LogP contribution >= 0.6 is 0 Å². The lowest BCUT2D eigenvalue weighted by Crippen LogP contribution is -2.18. The van der Waals surface area contributed by atoms with Crippen molar-refractivity contribution in [2.45, 2.75) is 0 Å². The fourth-order valence-electron chi connectivity index (χ4n) is 0.610. The van der Waals surface area contributed by atoms with Gasteiger partial charge in [0.15, 0.2) is 0 Å². The van der Waals surface area contributed by atoms with E-state index in [1.807, 2.05) is 0 Å². The summed E-state index contributed by atoms with van der Waals surface area (Å²) in [5.74, 6) is 0. The zero-order valence-corrected chi connectivity index (χ0v) is 6.43. The van der Waals surface area contributed by atoms with Crippen molar-refractivity contribution in [2.24, 2.45) is 0 Å². The highest BCUT2D eigenvalue weighted by Crippen LogP contribution is 1.96. The first-order valence-corrected chi connectivity index (χ1v) is 5.34. The molecule has 50 valence electrons. The summed E-state index contributed by atoms with van der Waals surface area (Å²) < 4.78 is 15.1. The first-order chi connectivity index (χ1) is 4.11. The van der Waals surface area contributed by atoms with Crippen LogP contribution in [0.15, 0.2) is 12.2 Å². The first-order valence-electron chi connectivity index (χ1n) is 2.74. The van der Waals surface area contributed by atoms with Crippen LogP contribution in [0.2, 0.25) is 0 Å². The molecule has 0 amide bonds. The average molecular weight is 144 g/mol.